The highest BCUT2D eigenvalue weighted by molar-refractivity contribution is 5.83. The fourth-order valence-electron chi connectivity index (χ4n) is 1.53. The van der Waals surface area contributed by atoms with E-state index in [1.807, 2.05) is 0 Å². The molecule has 76 valence electrons. The van der Waals surface area contributed by atoms with E-state index in [0.717, 1.165) is 19.6 Å². The summed E-state index contributed by atoms with van der Waals surface area (Å²) in [6.45, 7) is 8.73. The third-order valence-corrected chi connectivity index (χ3v) is 2.17. The van der Waals surface area contributed by atoms with Gasteiger partial charge in [0.05, 0.1) is 0 Å². The van der Waals surface area contributed by atoms with Gasteiger partial charge in [0, 0.05) is 13.0 Å². The molecule has 1 aliphatic rings. The van der Waals surface area contributed by atoms with Gasteiger partial charge in [0.2, 0.25) is 0 Å². The quantitative estimate of drug-likeness (QED) is 0.706. The molecule has 3 nitrogen and oxygen atoms in total. The minimum Gasteiger partial charge on any atom is -0.339 e. The summed E-state index contributed by atoms with van der Waals surface area (Å²) in [5.74, 6) is 1.96. The molecule has 0 fully saturated rings. The normalized spacial score (nSPS) is 16.3. The maximum atomic E-state index is 4.30. The molecule has 13 heavy (non-hydrogen) atoms. The van der Waals surface area contributed by atoms with Crippen molar-refractivity contribution in [2.45, 2.75) is 40.0 Å². The van der Waals surface area contributed by atoms with Crippen molar-refractivity contribution < 1.29 is 0 Å². The van der Waals surface area contributed by atoms with Gasteiger partial charge in [-0.25, -0.2) is 0 Å². The Balaban J connectivity index is 2.34. The van der Waals surface area contributed by atoms with Gasteiger partial charge in [-0.3, -0.25) is 5.43 Å². The summed E-state index contributed by atoms with van der Waals surface area (Å²) in [7, 11) is 0. The van der Waals surface area contributed by atoms with Crippen molar-refractivity contribution in [2.24, 2.45) is 11.0 Å². The topological polar surface area (TPSA) is 27.6 Å². The van der Waals surface area contributed by atoms with E-state index in [1.54, 1.807) is 0 Å². The lowest BCUT2D eigenvalue weighted by atomic mass is 10.2. The number of hydrogen-bond acceptors (Lipinski definition) is 3. The molecule has 0 spiro atoms. The molecule has 1 rings (SSSR count). The van der Waals surface area contributed by atoms with Crippen LogP contribution in [0.4, 0.5) is 0 Å². The number of unbranched alkanes of at least 4 members (excludes halogenated alkanes) is 1. The highest BCUT2D eigenvalue weighted by atomic mass is 15.5. The summed E-state index contributed by atoms with van der Waals surface area (Å²) in [4.78, 5) is 2.35. The minimum atomic E-state index is 0.715. The van der Waals surface area contributed by atoms with Gasteiger partial charge in [-0.1, -0.05) is 27.2 Å². The van der Waals surface area contributed by atoms with E-state index in [9.17, 15) is 0 Å². The maximum Gasteiger partial charge on any atom is 0.126 e. The van der Waals surface area contributed by atoms with E-state index in [2.05, 4.69) is 36.2 Å². The Morgan fingerprint density at radius 2 is 2.31 bits per heavy atom. The lowest BCUT2D eigenvalue weighted by Crippen LogP contribution is -2.32. The summed E-state index contributed by atoms with van der Waals surface area (Å²) in [5.41, 5.74) is 3.05. The molecule has 0 atom stereocenters. The van der Waals surface area contributed by atoms with Crippen molar-refractivity contribution in [3.8, 4) is 0 Å². The van der Waals surface area contributed by atoms with Gasteiger partial charge in [0.25, 0.3) is 0 Å². The second-order valence-electron chi connectivity index (χ2n) is 4.06. The van der Waals surface area contributed by atoms with Gasteiger partial charge in [-0.05, 0) is 12.3 Å². The van der Waals surface area contributed by atoms with Crippen molar-refractivity contribution in [3.05, 3.63) is 0 Å². The average molecular weight is 183 g/mol. The van der Waals surface area contributed by atoms with E-state index >= 15 is 0 Å². The maximum absolute atomic E-state index is 4.30. The van der Waals surface area contributed by atoms with Crippen LogP contribution in [-0.4, -0.2) is 23.9 Å². The summed E-state index contributed by atoms with van der Waals surface area (Å²) in [6.07, 6.45) is 3.61. The van der Waals surface area contributed by atoms with Crippen LogP contribution in [0.15, 0.2) is 5.10 Å². The molecule has 0 aromatic rings. The average Bonchev–Trinajstić information content (AvgIpc) is 2.48. The highest BCUT2D eigenvalue weighted by Gasteiger charge is 2.16. The second kappa shape index (κ2) is 5.10. The van der Waals surface area contributed by atoms with Crippen LogP contribution in [-0.2, 0) is 0 Å². The second-order valence-corrected chi connectivity index (χ2v) is 4.06. The van der Waals surface area contributed by atoms with Gasteiger partial charge in [-0.15, -0.1) is 0 Å². The predicted molar refractivity (Wildman–Crippen MR) is 56.5 cm³/mol. The molecule has 0 aliphatic carbocycles. The molecule has 0 bridgehead atoms. The monoisotopic (exact) mass is 183 g/mol. The van der Waals surface area contributed by atoms with E-state index < -0.39 is 0 Å². The molecule has 1 heterocycles. The van der Waals surface area contributed by atoms with Gasteiger partial charge >= 0.3 is 0 Å². The van der Waals surface area contributed by atoms with Gasteiger partial charge in [-0.2, -0.15) is 5.10 Å². The predicted octanol–water partition coefficient (Wildman–Crippen LogP) is 2.01. The Hall–Kier alpha value is -0.730. The van der Waals surface area contributed by atoms with E-state index in [4.69, 9.17) is 0 Å². The number of hydrogen-bond donors (Lipinski definition) is 1. The van der Waals surface area contributed by atoms with Crippen molar-refractivity contribution in [1.82, 2.24) is 10.3 Å². The molecule has 0 aromatic carbocycles. The molecular weight excluding hydrogens is 162 g/mol. The summed E-state index contributed by atoms with van der Waals surface area (Å²) in [5, 5.41) is 4.30. The number of rotatable bonds is 5. The Bertz CT molecular complexity index is 175. The molecule has 3 heteroatoms. The molecule has 0 saturated heterocycles. The van der Waals surface area contributed by atoms with Crippen LogP contribution in [0.25, 0.3) is 0 Å². The SMILES string of the molecule is CCCCC1=NNCN1CC(C)C. The van der Waals surface area contributed by atoms with Crippen molar-refractivity contribution in [2.75, 3.05) is 13.2 Å². The van der Waals surface area contributed by atoms with Gasteiger partial charge < -0.3 is 4.90 Å². The zero-order valence-electron chi connectivity index (χ0n) is 9.01. The zero-order valence-corrected chi connectivity index (χ0v) is 9.01. The van der Waals surface area contributed by atoms with E-state index in [-0.39, 0.29) is 0 Å². The Labute approximate surface area is 81.2 Å². The van der Waals surface area contributed by atoms with Crippen LogP contribution in [0.5, 0.6) is 0 Å². The molecule has 0 saturated carbocycles. The van der Waals surface area contributed by atoms with Crippen LogP contribution in [0, 0.1) is 5.92 Å². The van der Waals surface area contributed by atoms with Crippen LogP contribution in [0.2, 0.25) is 0 Å². The Morgan fingerprint density at radius 1 is 1.54 bits per heavy atom. The molecule has 0 unspecified atom stereocenters. The van der Waals surface area contributed by atoms with Gasteiger partial charge in [0.1, 0.15) is 12.5 Å². The summed E-state index contributed by atoms with van der Waals surface area (Å²) in [6, 6.07) is 0. The first-order valence-electron chi connectivity index (χ1n) is 5.28. The fraction of sp³-hybridized carbons (Fsp3) is 0.900. The van der Waals surface area contributed by atoms with E-state index in [0.29, 0.717) is 5.92 Å². The molecule has 1 aliphatic heterocycles. The van der Waals surface area contributed by atoms with Gasteiger partial charge in [0.15, 0.2) is 0 Å². The number of nitrogens with zero attached hydrogens (tertiary/aromatic N) is 2. The lowest BCUT2D eigenvalue weighted by Gasteiger charge is -2.20. The summed E-state index contributed by atoms with van der Waals surface area (Å²) >= 11 is 0. The first-order chi connectivity index (χ1) is 6.24. The van der Waals surface area contributed by atoms with Crippen molar-refractivity contribution in [3.63, 3.8) is 0 Å². The van der Waals surface area contributed by atoms with Crippen molar-refractivity contribution >= 4 is 5.84 Å². The fourth-order valence-corrected chi connectivity index (χ4v) is 1.53. The molecule has 0 amide bonds. The largest absolute Gasteiger partial charge is 0.339 e. The third kappa shape index (κ3) is 3.25. The Morgan fingerprint density at radius 3 is 2.92 bits per heavy atom. The van der Waals surface area contributed by atoms with Crippen LogP contribution in [0.3, 0.4) is 0 Å². The smallest absolute Gasteiger partial charge is 0.126 e. The van der Waals surface area contributed by atoms with E-state index in [1.165, 1.54) is 18.7 Å². The zero-order chi connectivity index (χ0) is 9.68. The van der Waals surface area contributed by atoms with Crippen LogP contribution < -0.4 is 5.43 Å². The highest BCUT2D eigenvalue weighted by Crippen LogP contribution is 2.08. The lowest BCUT2D eigenvalue weighted by molar-refractivity contribution is 0.366. The molecular formula is C10H21N3. The van der Waals surface area contributed by atoms with Crippen LogP contribution >= 0.6 is 0 Å². The van der Waals surface area contributed by atoms with Crippen LogP contribution in [0.1, 0.15) is 40.0 Å². The molecule has 0 aromatic heterocycles. The number of nitrogens with one attached hydrogen (secondary N) is 1. The first-order valence-corrected chi connectivity index (χ1v) is 5.28. The number of amidine groups is 1. The minimum absolute atomic E-state index is 0.715. The molecule has 0 radical (unpaired) electrons. The number of hydrazone groups is 1. The first kappa shape index (κ1) is 10.4. The summed E-state index contributed by atoms with van der Waals surface area (Å²) < 4.78 is 0. The molecule has 1 N–H and O–H groups in total. The standard InChI is InChI=1S/C10H21N3/c1-4-5-6-10-12-11-8-13(10)7-9(2)3/h9,11H,4-8H2,1-3H3. The Kier molecular flexibility index (Phi) is 4.06. The third-order valence-electron chi connectivity index (χ3n) is 2.17. The van der Waals surface area contributed by atoms with Crippen molar-refractivity contribution in [1.29, 1.82) is 0 Å².